The Morgan fingerprint density at radius 1 is 1.57 bits per heavy atom. The summed E-state index contributed by atoms with van der Waals surface area (Å²) in [6.07, 6.45) is 0. The lowest BCUT2D eigenvalue weighted by Gasteiger charge is -2.23. The van der Waals surface area contributed by atoms with Gasteiger partial charge in [-0.15, -0.1) is 0 Å². The zero-order chi connectivity index (χ0) is 10.1. The van der Waals surface area contributed by atoms with Crippen molar-refractivity contribution in [3.05, 3.63) is 34.9 Å². The first-order chi connectivity index (χ1) is 6.70. The average Bonchev–Trinajstić information content (AvgIpc) is 2.17. The van der Waals surface area contributed by atoms with E-state index in [2.05, 4.69) is 0 Å². The van der Waals surface area contributed by atoms with Crippen LogP contribution in [-0.4, -0.2) is 17.7 Å². The van der Waals surface area contributed by atoms with Gasteiger partial charge in [0.25, 0.3) is 0 Å². The molecule has 1 aromatic carbocycles. The van der Waals surface area contributed by atoms with E-state index in [0.717, 1.165) is 5.56 Å². The minimum atomic E-state index is -0.931. The first-order valence-electron chi connectivity index (χ1n) is 4.38. The predicted octanol–water partition coefficient (Wildman–Crippen LogP) is 0.915. The molecule has 14 heavy (non-hydrogen) atoms. The Morgan fingerprint density at radius 3 is 3.07 bits per heavy atom. The van der Waals surface area contributed by atoms with Crippen LogP contribution in [-0.2, 0) is 11.3 Å². The molecule has 1 aliphatic rings. The first-order valence-corrected chi connectivity index (χ1v) is 4.38. The van der Waals surface area contributed by atoms with Crippen molar-refractivity contribution in [1.29, 1.82) is 0 Å². The second kappa shape index (κ2) is 3.40. The van der Waals surface area contributed by atoms with E-state index in [-0.39, 0.29) is 6.04 Å². The molecule has 0 aromatic heterocycles. The molecule has 0 saturated heterocycles. The molecule has 0 spiro atoms. The van der Waals surface area contributed by atoms with Gasteiger partial charge in [-0.05, 0) is 17.2 Å². The van der Waals surface area contributed by atoms with Crippen LogP contribution in [0.3, 0.4) is 0 Å². The molecule has 4 nitrogen and oxygen atoms in total. The molecule has 4 heteroatoms. The highest BCUT2D eigenvalue weighted by Gasteiger charge is 2.23. The highest BCUT2D eigenvalue weighted by molar-refractivity contribution is 5.90. The number of aromatic carboxylic acids is 1. The van der Waals surface area contributed by atoms with Gasteiger partial charge in [-0.25, -0.2) is 4.79 Å². The SMILES string of the molecule is N[C@@H]1COCc2cccc(C(=O)O)c21. The minimum absolute atomic E-state index is 0.290. The van der Waals surface area contributed by atoms with Crippen LogP contribution in [0.1, 0.15) is 27.5 Å². The molecule has 74 valence electrons. The van der Waals surface area contributed by atoms with Gasteiger partial charge in [-0.3, -0.25) is 0 Å². The summed E-state index contributed by atoms with van der Waals surface area (Å²) >= 11 is 0. The van der Waals surface area contributed by atoms with Gasteiger partial charge in [-0.1, -0.05) is 12.1 Å². The molecule has 1 atom stereocenters. The topological polar surface area (TPSA) is 72.5 Å². The Hall–Kier alpha value is -1.39. The van der Waals surface area contributed by atoms with E-state index < -0.39 is 5.97 Å². The molecule has 1 aliphatic heterocycles. The molecule has 1 aromatic rings. The number of ether oxygens (including phenoxy) is 1. The summed E-state index contributed by atoms with van der Waals surface area (Å²) in [4.78, 5) is 10.9. The summed E-state index contributed by atoms with van der Waals surface area (Å²) < 4.78 is 5.23. The summed E-state index contributed by atoms with van der Waals surface area (Å²) in [5.41, 5.74) is 7.68. The van der Waals surface area contributed by atoms with Gasteiger partial charge in [0, 0.05) is 0 Å². The predicted molar refractivity (Wildman–Crippen MR) is 50.0 cm³/mol. The van der Waals surface area contributed by atoms with Gasteiger partial charge in [0.1, 0.15) is 0 Å². The number of nitrogens with two attached hydrogens (primary N) is 1. The number of hydrogen-bond donors (Lipinski definition) is 2. The third-order valence-corrected chi connectivity index (χ3v) is 2.35. The molecule has 0 saturated carbocycles. The smallest absolute Gasteiger partial charge is 0.336 e. The number of carboxylic acids is 1. The molecule has 0 aliphatic carbocycles. The second-order valence-electron chi connectivity index (χ2n) is 3.31. The van der Waals surface area contributed by atoms with Crippen molar-refractivity contribution in [3.8, 4) is 0 Å². The fourth-order valence-corrected chi connectivity index (χ4v) is 1.74. The van der Waals surface area contributed by atoms with E-state index in [9.17, 15) is 4.79 Å². The first kappa shape index (κ1) is 9.18. The largest absolute Gasteiger partial charge is 0.478 e. The van der Waals surface area contributed by atoms with Crippen LogP contribution >= 0.6 is 0 Å². The zero-order valence-electron chi connectivity index (χ0n) is 7.56. The number of benzene rings is 1. The molecule has 0 unspecified atom stereocenters. The molecule has 0 bridgehead atoms. The Morgan fingerprint density at radius 2 is 2.36 bits per heavy atom. The van der Waals surface area contributed by atoms with Crippen molar-refractivity contribution in [2.75, 3.05) is 6.61 Å². The summed E-state index contributed by atoms with van der Waals surface area (Å²) in [6.45, 7) is 0.835. The van der Waals surface area contributed by atoms with Crippen molar-refractivity contribution in [1.82, 2.24) is 0 Å². The lowest BCUT2D eigenvalue weighted by molar-refractivity contribution is 0.0682. The number of fused-ring (bicyclic) bond motifs is 1. The van der Waals surface area contributed by atoms with Gasteiger partial charge < -0.3 is 15.6 Å². The maximum Gasteiger partial charge on any atom is 0.336 e. The normalized spacial score (nSPS) is 20.2. The van der Waals surface area contributed by atoms with Crippen molar-refractivity contribution in [2.45, 2.75) is 12.6 Å². The number of carboxylic acid groups (broad SMARTS) is 1. The minimum Gasteiger partial charge on any atom is -0.478 e. The van der Waals surface area contributed by atoms with E-state index in [1.807, 2.05) is 6.07 Å². The maximum atomic E-state index is 10.9. The third-order valence-electron chi connectivity index (χ3n) is 2.35. The maximum absolute atomic E-state index is 10.9. The highest BCUT2D eigenvalue weighted by atomic mass is 16.5. The van der Waals surface area contributed by atoms with E-state index in [4.69, 9.17) is 15.6 Å². The quantitative estimate of drug-likeness (QED) is 0.695. The zero-order valence-corrected chi connectivity index (χ0v) is 7.56. The molecular weight excluding hydrogens is 182 g/mol. The van der Waals surface area contributed by atoms with Crippen LogP contribution in [0, 0.1) is 0 Å². The summed E-state index contributed by atoms with van der Waals surface area (Å²) in [5.74, 6) is -0.931. The van der Waals surface area contributed by atoms with Crippen LogP contribution in [0.2, 0.25) is 0 Å². The molecule has 1 heterocycles. The Labute approximate surface area is 81.3 Å². The summed E-state index contributed by atoms with van der Waals surface area (Å²) in [6, 6.07) is 4.81. The van der Waals surface area contributed by atoms with Crippen LogP contribution in [0.5, 0.6) is 0 Å². The van der Waals surface area contributed by atoms with E-state index in [1.165, 1.54) is 0 Å². The molecule has 2 rings (SSSR count). The number of hydrogen-bond acceptors (Lipinski definition) is 3. The van der Waals surface area contributed by atoms with E-state index in [1.54, 1.807) is 12.1 Å². The lowest BCUT2D eigenvalue weighted by atomic mass is 9.94. The van der Waals surface area contributed by atoms with E-state index >= 15 is 0 Å². The van der Waals surface area contributed by atoms with Gasteiger partial charge in [0.15, 0.2) is 0 Å². The molecular formula is C10H11NO3. The summed E-state index contributed by atoms with van der Waals surface area (Å²) in [7, 11) is 0. The van der Waals surface area contributed by atoms with Crippen LogP contribution < -0.4 is 5.73 Å². The van der Waals surface area contributed by atoms with Gasteiger partial charge in [-0.2, -0.15) is 0 Å². The molecule has 3 N–H and O–H groups in total. The highest BCUT2D eigenvalue weighted by Crippen LogP contribution is 2.26. The van der Waals surface area contributed by atoms with Crippen molar-refractivity contribution < 1.29 is 14.6 Å². The monoisotopic (exact) mass is 193 g/mol. The fraction of sp³-hybridized carbons (Fsp3) is 0.300. The fourth-order valence-electron chi connectivity index (χ4n) is 1.74. The Bertz CT molecular complexity index is 376. The second-order valence-corrected chi connectivity index (χ2v) is 3.31. The van der Waals surface area contributed by atoms with Gasteiger partial charge in [0.2, 0.25) is 0 Å². The van der Waals surface area contributed by atoms with E-state index in [0.29, 0.717) is 24.3 Å². The van der Waals surface area contributed by atoms with Gasteiger partial charge >= 0.3 is 5.97 Å². The van der Waals surface area contributed by atoms with Gasteiger partial charge in [0.05, 0.1) is 24.8 Å². The van der Waals surface area contributed by atoms with Crippen LogP contribution in [0.25, 0.3) is 0 Å². The van der Waals surface area contributed by atoms with Crippen molar-refractivity contribution in [2.24, 2.45) is 5.73 Å². The lowest BCUT2D eigenvalue weighted by Crippen LogP contribution is -2.26. The summed E-state index contributed by atoms with van der Waals surface area (Å²) in [5, 5.41) is 8.96. The van der Waals surface area contributed by atoms with Crippen molar-refractivity contribution in [3.63, 3.8) is 0 Å². The molecule has 0 amide bonds. The number of rotatable bonds is 1. The Kier molecular flexibility index (Phi) is 2.23. The third kappa shape index (κ3) is 1.38. The number of carbonyl (C=O) groups is 1. The van der Waals surface area contributed by atoms with Crippen molar-refractivity contribution >= 4 is 5.97 Å². The molecule has 0 radical (unpaired) electrons. The Balaban J connectivity index is 2.57. The standard InChI is InChI=1S/C10H11NO3/c11-8-5-14-4-6-2-1-3-7(9(6)8)10(12)13/h1-3,8H,4-5,11H2,(H,12,13)/t8-/m1/s1. The van der Waals surface area contributed by atoms with Crippen LogP contribution in [0.15, 0.2) is 18.2 Å². The molecule has 0 fully saturated rings. The van der Waals surface area contributed by atoms with Crippen LogP contribution in [0.4, 0.5) is 0 Å². The average molecular weight is 193 g/mol.